The van der Waals surface area contributed by atoms with Crippen LogP contribution in [0.5, 0.6) is 17.2 Å². The first-order valence-electron chi connectivity index (χ1n) is 10.4. The summed E-state index contributed by atoms with van der Waals surface area (Å²) in [5.74, 6) is 1.46. The molecule has 0 aromatic heterocycles. The number of carbonyl (C=O) groups is 2. The van der Waals surface area contributed by atoms with Crippen LogP contribution in [0.4, 0.5) is 4.79 Å². The Hall–Kier alpha value is -3.22. The average molecular weight is 427 g/mol. The molecule has 1 N–H and O–H groups in total. The summed E-state index contributed by atoms with van der Waals surface area (Å²) in [4.78, 5) is 26.2. The van der Waals surface area contributed by atoms with Crippen LogP contribution < -0.4 is 14.8 Å². The second-order valence-electron chi connectivity index (χ2n) is 8.44. The summed E-state index contributed by atoms with van der Waals surface area (Å²) >= 11 is 0. The van der Waals surface area contributed by atoms with E-state index in [0.717, 1.165) is 12.0 Å². The molecule has 0 atom stereocenters. The third-order valence-corrected chi connectivity index (χ3v) is 5.01. The van der Waals surface area contributed by atoms with E-state index in [0.29, 0.717) is 42.3 Å². The highest BCUT2D eigenvalue weighted by molar-refractivity contribution is 5.94. The Bertz CT molecular complexity index is 965. The highest BCUT2D eigenvalue weighted by Crippen LogP contribution is 2.34. The molecule has 1 aliphatic heterocycles. The van der Waals surface area contributed by atoms with Gasteiger partial charge in [-0.05, 0) is 75.1 Å². The minimum absolute atomic E-state index is 0.198. The van der Waals surface area contributed by atoms with E-state index in [1.165, 1.54) is 5.56 Å². The molecule has 31 heavy (non-hydrogen) atoms. The molecule has 0 fully saturated rings. The number of nitrogens with zero attached hydrogens (tertiary/aromatic N) is 1. The van der Waals surface area contributed by atoms with Gasteiger partial charge in [-0.15, -0.1) is 0 Å². The first-order chi connectivity index (χ1) is 14.7. The van der Waals surface area contributed by atoms with Crippen molar-refractivity contribution in [1.29, 1.82) is 0 Å². The molecule has 1 aliphatic rings. The third kappa shape index (κ3) is 5.69. The van der Waals surface area contributed by atoms with Crippen molar-refractivity contribution in [3.8, 4) is 17.2 Å². The SMILES string of the molecule is CNC(=O)c1ccc(OC)c(Oc2ccc3c(c2)CCN(C(=O)OC(C)(C)C)CC3)c1. The first-order valence-corrected chi connectivity index (χ1v) is 10.4. The van der Waals surface area contributed by atoms with Crippen molar-refractivity contribution in [3.63, 3.8) is 0 Å². The summed E-state index contributed by atoms with van der Waals surface area (Å²) in [6.07, 6.45) is 1.18. The molecule has 0 aliphatic carbocycles. The van der Waals surface area contributed by atoms with Gasteiger partial charge < -0.3 is 24.4 Å². The molecule has 0 bridgehead atoms. The van der Waals surface area contributed by atoms with E-state index in [2.05, 4.69) is 5.32 Å². The zero-order chi connectivity index (χ0) is 22.6. The van der Waals surface area contributed by atoms with Crippen LogP contribution in [0, 0.1) is 0 Å². The minimum atomic E-state index is -0.514. The predicted octanol–water partition coefficient (Wildman–Crippen LogP) is 4.18. The van der Waals surface area contributed by atoms with Crippen LogP contribution in [-0.2, 0) is 17.6 Å². The smallest absolute Gasteiger partial charge is 0.410 e. The summed E-state index contributed by atoms with van der Waals surface area (Å²) in [6.45, 7) is 6.81. The van der Waals surface area contributed by atoms with Gasteiger partial charge >= 0.3 is 6.09 Å². The van der Waals surface area contributed by atoms with E-state index in [1.807, 2.05) is 39.0 Å². The van der Waals surface area contributed by atoms with E-state index in [-0.39, 0.29) is 12.0 Å². The van der Waals surface area contributed by atoms with Gasteiger partial charge in [0.2, 0.25) is 0 Å². The quantitative estimate of drug-likeness (QED) is 0.794. The van der Waals surface area contributed by atoms with Gasteiger partial charge in [-0.3, -0.25) is 4.79 Å². The molecule has 0 saturated carbocycles. The third-order valence-electron chi connectivity index (χ3n) is 5.01. The lowest BCUT2D eigenvalue weighted by molar-refractivity contribution is 0.0258. The van der Waals surface area contributed by atoms with Gasteiger partial charge in [0.05, 0.1) is 7.11 Å². The second kappa shape index (κ2) is 9.29. The fraction of sp³-hybridized carbons (Fsp3) is 0.417. The molecule has 166 valence electrons. The van der Waals surface area contributed by atoms with Gasteiger partial charge in [0, 0.05) is 25.7 Å². The zero-order valence-electron chi connectivity index (χ0n) is 18.8. The summed E-state index contributed by atoms with van der Waals surface area (Å²) in [5.41, 5.74) is 2.29. The lowest BCUT2D eigenvalue weighted by atomic mass is 10.0. The monoisotopic (exact) mass is 426 g/mol. The Kier molecular flexibility index (Phi) is 6.73. The number of fused-ring (bicyclic) bond motifs is 1. The highest BCUT2D eigenvalue weighted by atomic mass is 16.6. The summed E-state index contributed by atoms with van der Waals surface area (Å²) < 4.78 is 17.0. The lowest BCUT2D eigenvalue weighted by Crippen LogP contribution is -2.38. The molecule has 2 aromatic rings. The molecule has 2 aromatic carbocycles. The number of hydrogen-bond acceptors (Lipinski definition) is 5. The molecule has 0 saturated heterocycles. The van der Waals surface area contributed by atoms with Crippen LogP contribution in [-0.4, -0.2) is 49.7 Å². The first kappa shape index (κ1) is 22.5. The summed E-state index contributed by atoms with van der Waals surface area (Å²) in [6, 6.07) is 11.0. The molecular formula is C24H30N2O5. The predicted molar refractivity (Wildman–Crippen MR) is 118 cm³/mol. The van der Waals surface area contributed by atoms with Gasteiger partial charge in [-0.25, -0.2) is 4.79 Å². The van der Waals surface area contributed by atoms with Gasteiger partial charge in [0.25, 0.3) is 5.91 Å². The minimum Gasteiger partial charge on any atom is -0.493 e. The zero-order valence-corrected chi connectivity index (χ0v) is 18.8. The lowest BCUT2D eigenvalue weighted by Gasteiger charge is -2.26. The van der Waals surface area contributed by atoms with Gasteiger partial charge in [0.15, 0.2) is 11.5 Å². The number of carbonyl (C=O) groups excluding carboxylic acids is 2. The number of benzene rings is 2. The van der Waals surface area contributed by atoms with Crippen LogP contribution in [0.25, 0.3) is 0 Å². The van der Waals surface area contributed by atoms with E-state index in [1.54, 1.807) is 37.3 Å². The maximum absolute atomic E-state index is 12.4. The molecule has 0 unspecified atom stereocenters. The molecule has 0 radical (unpaired) electrons. The van der Waals surface area contributed by atoms with Crippen molar-refractivity contribution >= 4 is 12.0 Å². The van der Waals surface area contributed by atoms with Crippen LogP contribution >= 0.6 is 0 Å². The second-order valence-corrected chi connectivity index (χ2v) is 8.44. The number of hydrogen-bond donors (Lipinski definition) is 1. The van der Waals surface area contributed by atoms with Gasteiger partial charge in [-0.1, -0.05) is 6.07 Å². The Balaban J connectivity index is 1.77. The number of amides is 2. The largest absolute Gasteiger partial charge is 0.493 e. The summed E-state index contributed by atoms with van der Waals surface area (Å²) in [7, 11) is 3.14. The van der Waals surface area contributed by atoms with Crippen molar-refractivity contribution in [2.75, 3.05) is 27.2 Å². The molecule has 1 heterocycles. The van der Waals surface area contributed by atoms with Crippen molar-refractivity contribution < 1.29 is 23.8 Å². The van der Waals surface area contributed by atoms with Gasteiger partial charge in [0.1, 0.15) is 11.4 Å². The Morgan fingerprint density at radius 1 is 0.968 bits per heavy atom. The normalized spacial score (nSPS) is 13.6. The maximum Gasteiger partial charge on any atom is 0.410 e. The van der Waals surface area contributed by atoms with Crippen LogP contribution in [0.2, 0.25) is 0 Å². The Morgan fingerprint density at radius 2 is 1.68 bits per heavy atom. The van der Waals surface area contributed by atoms with Crippen molar-refractivity contribution in [2.24, 2.45) is 0 Å². The van der Waals surface area contributed by atoms with E-state index >= 15 is 0 Å². The maximum atomic E-state index is 12.4. The van der Waals surface area contributed by atoms with Crippen LogP contribution in [0.3, 0.4) is 0 Å². The molecule has 2 amide bonds. The summed E-state index contributed by atoms with van der Waals surface area (Å²) in [5, 5.41) is 2.61. The van der Waals surface area contributed by atoms with E-state index < -0.39 is 5.60 Å². The Labute approximate surface area is 183 Å². The van der Waals surface area contributed by atoms with Crippen molar-refractivity contribution in [2.45, 2.75) is 39.2 Å². The number of ether oxygens (including phenoxy) is 3. The Morgan fingerprint density at radius 3 is 2.32 bits per heavy atom. The number of nitrogens with one attached hydrogen (secondary N) is 1. The highest BCUT2D eigenvalue weighted by Gasteiger charge is 2.24. The average Bonchev–Trinajstić information content (AvgIpc) is 2.94. The fourth-order valence-electron chi connectivity index (χ4n) is 3.44. The van der Waals surface area contributed by atoms with Crippen molar-refractivity contribution in [3.05, 3.63) is 53.1 Å². The van der Waals surface area contributed by atoms with Crippen LogP contribution in [0.1, 0.15) is 42.3 Å². The van der Waals surface area contributed by atoms with Gasteiger partial charge in [-0.2, -0.15) is 0 Å². The topological polar surface area (TPSA) is 77.1 Å². The van der Waals surface area contributed by atoms with E-state index in [9.17, 15) is 9.59 Å². The molecular weight excluding hydrogens is 396 g/mol. The molecule has 7 heteroatoms. The molecule has 0 spiro atoms. The van der Waals surface area contributed by atoms with E-state index in [4.69, 9.17) is 14.2 Å². The number of methoxy groups -OCH3 is 1. The number of rotatable bonds is 4. The standard InChI is InChI=1S/C24H30N2O5/c1-24(2,3)31-23(28)26-12-10-16-6-8-19(14-17(16)11-13-26)30-21-15-18(22(27)25-4)7-9-20(21)29-5/h6-9,14-15H,10-13H2,1-5H3,(H,25,27). The molecule has 3 rings (SSSR count). The van der Waals surface area contributed by atoms with Crippen LogP contribution in [0.15, 0.2) is 36.4 Å². The molecule has 7 nitrogen and oxygen atoms in total. The van der Waals surface area contributed by atoms with Crippen molar-refractivity contribution in [1.82, 2.24) is 10.2 Å². The fourth-order valence-corrected chi connectivity index (χ4v) is 3.44.